The van der Waals surface area contributed by atoms with Gasteiger partial charge in [-0.2, -0.15) is 0 Å². The summed E-state index contributed by atoms with van der Waals surface area (Å²) < 4.78 is 5.81. The summed E-state index contributed by atoms with van der Waals surface area (Å²) >= 11 is 0. The number of hydrogen-bond acceptors (Lipinski definition) is 1. The number of ether oxygens (including phenoxy) is 1. The van der Waals surface area contributed by atoms with Crippen LogP contribution in [-0.2, 0) is 10.2 Å². The summed E-state index contributed by atoms with van der Waals surface area (Å²) in [4.78, 5) is 0. The molecule has 0 aromatic heterocycles. The van der Waals surface area contributed by atoms with E-state index in [1.54, 1.807) is 0 Å². The van der Waals surface area contributed by atoms with Gasteiger partial charge in [0.2, 0.25) is 0 Å². The Morgan fingerprint density at radius 1 is 0.737 bits per heavy atom. The molecule has 2 aromatic carbocycles. The van der Waals surface area contributed by atoms with Crippen LogP contribution >= 0.6 is 0 Å². The number of benzene rings is 2. The Labute approximate surface area is 115 Å². The van der Waals surface area contributed by atoms with Crippen molar-refractivity contribution in [2.24, 2.45) is 0 Å². The van der Waals surface area contributed by atoms with Crippen molar-refractivity contribution in [2.75, 3.05) is 0 Å². The zero-order valence-electron chi connectivity index (χ0n) is 11.8. The fourth-order valence-corrected chi connectivity index (χ4v) is 2.43. The van der Waals surface area contributed by atoms with E-state index >= 15 is 0 Å². The molecule has 2 aromatic rings. The van der Waals surface area contributed by atoms with E-state index in [1.807, 2.05) is 6.07 Å². The van der Waals surface area contributed by atoms with Crippen molar-refractivity contribution in [1.29, 1.82) is 0 Å². The molecule has 0 saturated carbocycles. The Hall–Kier alpha value is -1.60. The lowest BCUT2D eigenvalue weighted by atomic mass is 9.86. The van der Waals surface area contributed by atoms with Crippen molar-refractivity contribution in [3.63, 3.8) is 0 Å². The van der Waals surface area contributed by atoms with E-state index in [9.17, 15) is 0 Å². The van der Waals surface area contributed by atoms with Crippen LogP contribution in [-0.4, -0.2) is 0 Å². The van der Waals surface area contributed by atoms with Gasteiger partial charge >= 0.3 is 0 Å². The van der Waals surface area contributed by atoms with Crippen LogP contribution in [0.1, 0.15) is 49.7 Å². The largest absolute Gasteiger partial charge is 0.359 e. The van der Waals surface area contributed by atoms with Gasteiger partial charge in [0.05, 0.1) is 0 Å². The minimum absolute atomic E-state index is 0.210. The van der Waals surface area contributed by atoms with Crippen LogP contribution in [0.25, 0.3) is 0 Å². The van der Waals surface area contributed by atoms with Gasteiger partial charge in [0.25, 0.3) is 0 Å². The Morgan fingerprint density at radius 2 is 1.26 bits per heavy atom. The highest BCUT2D eigenvalue weighted by Gasteiger charge is 2.41. The second kappa shape index (κ2) is 4.50. The predicted molar refractivity (Wildman–Crippen MR) is 78.2 cm³/mol. The number of hydrogen-bond donors (Lipinski definition) is 0. The third-order valence-corrected chi connectivity index (χ3v) is 3.72. The first-order valence-electron chi connectivity index (χ1n) is 6.86. The van der Waals surface area contributed by atoms with Crippen molar-refractivity contribution >= 4 is 0 Å². The molecule has 1 saturated heterocycles. The first kappa shape index (κ1) is 12.4. The molecule has 0 radical (unpaired) electrons. The topological polar surface area (TPSA) is 12.5 Å². The normalized spacial score (nSPS) is 22.3. The van der Waals surface area contributed by atoms with Crippen LogP contribution in [0, 0.1) is 0 Å². The lowest BCUT2D eigenvalue weighted by Gasteiger charge is -2.18. The van der Waals surface area contributed by atoms with Gasteiger partial charge in [-0.1, -0.05) is 75.4 Å². The molecule has 2 atom stereocenters. The van der Waals surface area contributed by atoms with Crippen LogP contribution < -0.4 is 0 Å². The van der Waals surface area contributed by atoms with E-state index < -0.39 is 0 Å². The minimum atomic E-state index is 0.210. The standard InChI is InChI=1S/C18H20O/c1-18(2,3)15-11-9-14(10-12-15)17-16(19-17)13-7-5-4-6-8-13/h4-12,16-17H,1-3H3/t16-,17-/m1/s1. The molecule has 0 aliphatic carbocycles. The monoisotopic (exact) mass is 252 g/mol. The molecule has 0 N–H and O–H groups in total. The van der Waals surface area contributed by atoms with E-state index in [0.29, 0.717) is 0 Å². The molecular formula is C18H20O. The van der Waals surface area contributed by atoms with E-state index in [4.69, 9.17) is 4.74 Å². The summed E-state index contributed by atoms with van der Waals surface area (Å²) in [5, 5.41) is 0. The maximum absolute atomic E-state index is 5.81. The third kappa shape index (κ3) is 2.57. The van der Waals surface area contributed by atoms with E-state index in [-0.39, 0.29) is 17.6 Å². The van der Waals surface area contributed by atoms with E-state index in [1.165, 1.54) is 16.7 Å². The zero-order chi connectivity index (χ0) is 13.5. The van der Waals surface area contributed by atoms with Crippen molar-refractivity contribution in [2.45, 2.75) is 38.4 Å². The van der Waals surface area contributed by atoms with E-state index in [2.05, 4.69) is 69.3 Å². The van der Waals surface area contributed by atoms with Crippen molar-refractivity contribution in [3.8, 4) is 0 Å². The molecule has 0 bridgehead atoms. The summed E-state index contributed by atoms with van der Waals surface area (Å²) in [6, 6.07) is 19.3. The van der Waals surface area contributed by atoms with Gasteiger partial charge in [-0.05, 0) is 22.1 Å². The van der Waals surface area contributed by atoms with Crippen molar-refractivity contribution < 1.29 is 4.74 Å². The molecule has 1 aliphatic heterocycles. The van der Waals surface area contributed by atoms with Crippen molar-refractivity contribution in [3.05, 3.63) is 71.3 Å². The molecule has 0 amide bonds. The van der Waals surface area contributed by atoms with Gasteiger partial charge in [0.1, 0.15) is 12.2 Å². The van der Waals surface area contributed by atoms with Gasteiger partial charge < -0.3 is 4.74 Å². The first-order chi connectivity index (χ1) is 9.05. The Bertz CT molecular complexity index is 548. The number of epoxide rings is 1. The van der Waals surface area contributed by atoms with Gasteiger partial charge in [0, 0.05) is 0 Å². The molecule has 1 fully saturated rings. The molecule has 19 heavy (non-hydrogen) atoms. The zero-order valence-corrected chi connectivity index (χ0v) is 11.8. The molecule has 1 nitrogen and oxygen atoms in total. The molecule has 1 aliphatic rings. The summed E-state index contributed by atoms with van der Waals surface area (Å²) in [7, 11) is 0. The average molecular weight is 252 g/mol. The minimum Gasteiger partial charge on any atom is -0.359 e. The molecule has 1 heteroatoms. The van der Waals surface area contributed by atoms with Gasteiger partial charge in [0.15, 0.2) is 0 Å². The number of rotatable bonds is 2. The maximum Gasteiger partial charge on any atom is 0.114 e. The fourth-order valence-electron chi connectivity index (χ4n) is 2.43. The second-order valence-corrected chi connectivity index (χ2v) is 6.26. The van der Waals surface area contributed by atoms with Crippen LogP contribution in [0.5, 0.6) is 0 Å². The van der Waals surface area contributed by atoms with Crippen LogP contribution in [0.15, 0.2) is 54.6 Å². The molecule has 0 spiro atoms. The first-order valence-corrected chi connectivity index (χ1v) is 6.86. The summed E-state index contributed by atoms with van der Waals surface area (Å²) in [6.45, 7) is 6.72. The smallest absolute Gasteiger partial charge is 0.114 e. The lowest BCUT2D eigenvalue weighted by Crippen LogP contribution is -2.10. The lowest BCUT2D eigenvalue weighted by molar-refractivity contribution is 0.377. The SMILES string of the molecule is CC(C)(C)c1ccc([C@H]2O[C@@H]2c2ccccc2)cc1. The summed E-state index contributed by atoms with van der Waals surface area (Å²) in [5.74, 6) is 0. The van der Waals surface area contributed by atoms with Gasteiger partial charge in [-0.25, -0.2) is 0 Å². The van der Waals surface area contributed by atoms with Crippen LogP contribution in [0.4, 0.5) is 0 Å². The summed E-state index contributed by atoms with van der Waals surface area (Å²) in [5.41, 5.74) is 4.13. The highest BCUT2D eigenvalue weighted by atomic mass is 16.6. The highest BCUT2D eigenvalue weighted by Crippen LogP contribution is 2.50. The Morgan fingerprint density at radius 3 is 1.79 bits per heavy atom. The van der Waals surface area contributed by atoms with E-state index in [0.717, 1.165) is 0 Å². The van der Waals surface area contributed by atoms with Crippen molar-refractivity contribution in [1.82, 2.24) is 0 Å². The molecule has 3 rings (SSSR count). The molecule has 98 valence electrons. The Balaban J connectivity index is 1.76. The third-order valence-electron chi connectivity index (χ3n) is 3.72. The summed E-state index contributed by atoms with van der Waals surface area (Å²) in [6.07, 6.45) is 0.470. The second-order valence-electron chi connectivity index (χ2n) is 6.26. The maximum atomic E-state index is 5.81. The molecule has 1 heterocycles. The predicted octanol–water partition coefficient (Wildman–Crippen LogP) is 4.80. The Kier molecular flexibility index (Phi) is 2.94. The molecule has 0 unspecified atom stereocenters. The average Bonchev–Trinajstić information content (AvgIpc) is 3.19. The fraction of sp³-hybridized carbons (Fsp3) is 0.333. The van der Waals surface area contributed by atoms with Crippen LogP contribution in [0.2, 0.25) is 0 Å². The highest BCUT2D eigenvalue weighted by molar-refractivity contribution is 5.33. The quantitative estimate of drug-likeness (QED) is 0.700. The van der Waals surface area contributed by atoms with Gasteiger partial charge in [-0.15, -0.1) is 0 Å². The van der Waals surface area contributed by atoms with Gasteiger partial charge in [-0.3, -0.25) is 0 Å². The molecular weight excluding hydrogens is 232 g/mol. The van der Waals surface area contributed by atoms with Crippen LogP contribution in [0.3, 0.4) is 0 Å².